The Morgan fingerprint density at radius 3 is 2.27 bits per heavy atom. The first-order chi connectivity index (χ1) is 6.11. The highest BCUT2D eigenvalue weighted by atomic mass is 35.5. The van der Waals surface area contributed by atoms with E-state index in [1.165, 1.54) is 0 Å². The predicted molar refractivity (Wildman–Crippen MR) is 51.8 cm³/mol. The number of hydrogen-bond donors (Lipinski definition) is 4. The van der Waals surface area contributed by atoms with Crippen molar-refractivity contribution in [3.8, 4) is 0 Å². The second kappa shape index (κ2) is 3.99. The molecule has 1 aliphatic rings. The van der Waals surface area contributed by atoms with E-state index in [-0.39, 0.29) is 12.4 Å². The van der Waals surface area contributed by atoms with Gasteiger partial charge in [-0.2, -0.15) is 0 Å². The predicted octanol–water partition coefficient (Wildman–Crippen LogP) is -0.130. The van der Waals surface area contributed by atoms with E-state index >= 15 is 0 Å². The SMILES string of the molecule is Cl.N[C@]1(C(=O)O)C[C@@]1(F)CCP(=O)(O)O. The van der Waals surface area contributed by atoms with Crippen LogP contribution in [0.25, 0.3) is 0 Å². The van der Waals surface area contributed by atoms with Gasteiger partial charge in [-0.1, -0.05) is 0 Å². The maximum absolute atomic E-state index is 13.5. The molecule has 0 aliphatic heterocycles. The van der Waals surface area contributed by atoms with E-state index in [0.717, 1.165) is 0 Å². The minimum absolute atomic E-state index is 0. The van der Waals surface area contributed by atoms with Crippen molar-refractivity contribution in [3.05, 3.63) is 0 Å². The summed E-state index contributed by atoms with van der Waals surface area (Å²) in [6.07, 6.45) is -1.61. The van der Waals surface area contributed by atoms with Crippen LogP contribution in [0, 0.1) is 0 Å². The van der Waals surface area contributed by atoms with Crippen LogP contribution in [0.1, 0.15) is 12.8 Å². The average molecular weight is 264 g/mol. The van der Waals surface area contributed by atoms with Gasteiger partial charge in [0.1, 0.15) is 5.67 Å². The lowest BCUT2D eigenvalue weighted by molar-refractivity contribution is -0.140. The molecule has 5 N–H and O–H groups in total. The second-order valence-electron chi connectivity index (χ2n) is 3.56. The molecule has 6 nitrogen and oxygen atoms in total. The summed E-state index contributed by atoms with van der Waals surface area (Å²) < 4.78 is 23.9. The van der Waals surface area contributed by atoms with Crippen molar-refractivity contribution in [2.45, 2.75) is 24.0 Å². The molecule has 0 bridgehead atoms. The standard InChI is InChI=1S/C6H11FNO5P.ClH/c7-5(1-2-14(11,12)13)3-6(5,8)4(9)10;/h1-3,8H2,(H,9,10)(H2,11,12,13);1H/t5-,6-;/m0./s1. The molecule has 0 spiro atoms. The summed E-state index contributed by atoms with van der Waals surface area (Å²) in [6.45, 7) is 0. The molecule has 1 fully saturated rings. The topological polar surface area (TPSA) is 121 Å². The smallest absolute Gasteiger partial charge is 0.327 e. The first-order valence-electron chi connectivity index (χ1n) is 3.86. The maximum atomic E-state index is 13.5. The van der Waals surface area contributed by atoms with Crippen LogP contribution < -0.4 is 5.73 Å². The Morgan fingerprint density at radius 2 is 2.00 bits per heavy atom. The monoisotopic (exact) mass is 263 g/mol. The minimum atomic E-state index is -4.30. The number of carbonyl (C=O) groups is 1. The highest BCUT2D eigenvalue weighted by Gasteiger charge is 2.72. The molecule has 15 heavy (non-hydrogen) atoms. The van der Waals surface area contributed by atoms with Crippen LogP contribution in [0.5, 0.6) is 0 Å². The van der Waals surface area contributed by atoms with Gasteiger partial charge in [-0.05, 0) is 6.42 Å². The molecule has 0 heterocycles. The fourth-order valence-corrected chi connectivity index (χ4v) is 1.95. The van der Waals surface area contributed by atoms with Gasteiger partial charge in [0.25, 0.3) is 0 Å². The molecule has 9 heteroatoms. The van der Waals surface area contributed by atoms with Crippen molar-refractivity contribution in [1.29, 1.82) is 0 Å². The Balaban J connectivity index is 0.00000196. The number of hydrogen-bond acceptors (Lipinski definition) is 3. The number of carboxylic acids is 1. The Hall–Kier alpha value is -0.200. The molecule has 0 unspecified atom stereocenters. The van der Waals surface area contributed by atoms with Gasteiger partial charge in [0.05, 0.1) is 6.16 Å². The van der Waals surface area contributed by atoms with E-state index in [0.29, 0.717) is 0 Å². The maximum Gasteiger partial charge on any atom is 0.327 e. The molecule has 0 aromatic carbocycles. The van der Waals surface area contributed by atoms with Crippen molar-refractivity contribution in [2.75, 3.05) is 6.16 Å². The van der Waals surface area contributed by atoms with E-state index in [2.05, 4.69) is 0 Å². The number of alkyl halides is 1. The van der Waals surface area contributed by atoms with Crippen LogP contribution in [0.15, 0.2) is 0 Å². The molecule has 1 rings (SSSR count). The van der Waals surface area contributed by atoms with Gasteiger partial charge < -0.3 is 20.6 Å². The van der Waals surface area contributed by atoms with Crippen molar-refractivity contribution in [3.63, 3.8) is 0 Å². The van der Waals surface area contributed by atoms with Crippen LogP contribution >= 0.6 is 20.0 Å². The molecule has 2 atom stereocenters. The number of halogens is 2. The minimum Gasteiger partial charge on any atom is -0.480 e. The van der Waals surface area contributed by atoms with Gasteiger partial charge in [0.15, 0.2) is 5.54 Å². The normalized spacial score (nSPS) is 34.4. The Morgan fingerprint density at radius 1 is 1.53 bits per heavy atom. The molecule has 90 valence electrons. The molecule has 0 aromatic heterocycles. The molecule has 0 amide bonds. The van der Waals surface area contributed by atoms with Crippen LogP contribution in [0.3, 0.4) is 0 Å². The number of carboxylic acid groups (broad SMARTS) is 1. The Bertz CT molecular complexity index is 323. The molecule has 0 aromatic rings. The van der Waals surface area contributed by atoms with Crippen molar-refractivity contribution in [1.82, 2.24) is 0 Å². The summed E-state index contributed by atoms with van der Waals surface area (Å²) in [4.78, 5) is 27.4. The number of nitrogens with two attached hydrogens (primary N) is 1. The third kappa shape index (κ3) is 2.89. The van der Waals surface area contributed by atoms with Gasteiger partial charge in [-0.3, -0.25) is 9.36 Å². The van der Waals surface area contributed by atoms with Crippen molar-refractivity contribution < 1.29 is 28.6 Å². The highest BCUT2D eigenvalue weighted by molar-refractivity contribution is 7.51. The van der Waals surface area contributed by atoms with Gasteiger partial charge in [-0.15, -0.1) is 12.4 Å². The van der Waals surface area contributed by atoms with E-state index in [1.54, 1.807) is 0 Å². The second-order valence-corrected chi connectivity index (χ2v) is 5.33. The van der Waals surface area contributed by atoms with Crippen LogP contribution in [-0.2, 0) is 9.36 Å². The summed E-state index contributed by atoms with van der Waals surface area (Å²) >= 11 is 0. The van der Waals surface area contributed by atoms with E-state index in [9.17, 15) is 13.8 Å². The highest BCUT2D eigenvalue weighted by Crippen LogP contribution is 2.54. The molecule has 1 aliphatic carbocycles. The lowest BCUT2D eigenvalue weighted by Gasteiger charge is -2.11. The first-order valence-corrected chi connectivity index (χ1v) is 5.66. The Kier molecular flexibility index (Phi) is 3.94. The molecular weight excluding hydrogens is 251 g/mol. The average Bonchev–Trinajstić information content (AvgIpc) is 2.53. The molecule has 1 saturated carbocycles. The summed E-state index contributed by atoms with van der Waals surface area (Å²) in [7, 11) is -4.30. The van der Waals surface area contributed by atoms with E-state index < -0.39 is 43.8 Å². The molecule has 0 radical (unpaired) electrons. The zero-order valence-corrected chi connectivity index (χ0v) is 9.30. The summed E-state index contributed by atoms with van der Waals surface area (Å²) in [5.41, 5.74) is 1.02. The Labute approximate surface area is 91.2 Å². The van der Waals surface area contributed by atoms with Crippen molar-refractivity contribution >= 4 is 26.0 Å². The zero-order valence-electron chi connectivity index (χ0n) is 7.59. The van der Waals surface area contributed by atoms with Crippen LogP contribution in [-0.4, -0.2) is 38.2 Å². The third-order valence-corrected chi connectivity index (χ3v) is 3.22. The fourth-order valence-electron chi connectivity index (χ4n) is 1.30. The number of rotatable bonds is 4. The summed E-state index contributed by atoms with van der Waals surface area (Å²) in [5, 5.41) is 8.52. The third-order valence-electron chi connectivity index (χ3n) is 2.41. The lowest BCUT2D eigenvalue weighted by Crippen LogP contribution is -2.40. The first kappa shape index (κ1) is 14.8. The van der Waals surface area contributed by atoms with Crippen LogP contribution in [0.2, 0.25) is 0 Å². The van der Waals surface area contributed by atoms with Gasteiger partial charge in [0.2, 0.25) is 0 Å². The molecular formula is C6H12ClFNO5P. The molecule has 0 saturated heterocycles. The quantitative estimate of drug-likeness (QED) is 0.524. The largest absolute Gasteiger partial charge is 0.480 e. The van der Waals surface area contributed by atoms with Gasteiger partial charge in [0, 0.05) is 6.42 Å². The van der Waals surface area contributed by atoms with Crippen LogP contribution in [0.4, 0.5) is 4.39 Å². The summed E-state index contributed by atoms with van der Waals surface area (Å²) in [6, 6.07) is 0. The van der Waals surface area contributed by atoms with Gasteiger partial charge in [-0.25, -0.2) is 4.39 Å². The van der Waals surface area contributed by atoms with E-state index in [4.69, 9.17) is 20.6 Å². The number of aliphatic carboxylic acids is 1. The van der Waals surface area contributed by atoms with Crippen molar-refractivity contribution in [2.24, 2.45) is 5.73 Å². The summed E-state index contributed by atoms with van der Waals surface area (Å²) in [5.74, 6) is -1.48. The van der Waals surface area contributed by atoms with E-state index in [1.807, 2.05) is 0 Å². The van der Waals surface area contributed by atoms with Gasteiger partial charge >= 0.3 is 13.6 Å². The fraction of sp³-hybridized carbons (Fsp3) is 0.833. The zero-order chi connectivity index (χ0) is 11.2. The lowest BCUT2D eigenvalue weighted by atomic mass is 10.1.